The Balaban J connectivity index is 0.00000622. The SMILES string of the molecule is CCCC[C@H]1C2=N/C(=C(/c3ccccc3)c3[n-]c(c(CC)c3CC)[C@@H](CCCC)C3=N/C(=C(/c4ccccc4)c4[n-]c1c(CC)c4CC)C(CC)=C3CC)C(CC)=C2CC.[Ni+2]. The zero-order valence-corrected chi connectivity index (χ0v) is 39.9. The van der Waals surface area contributed by atoms with Gasteiger partial charge in [0.15, 0.2) is 0 Å². The molecule has 2 aromatic carbocycles. The van der Waals surface area contributed by atoms with E-state index in [0.717, 1.165) is 113 Å². The normalized spacial score (nSPS) is 20.1. The number of aromatic nitrogens is 2. The monoisotopic (exact) mass is 856 g/mol. The summed E-state index contributed by atoms with van der Waals surface area (Å²) in [5.41, 5.74) is 25.4. The van der Waals surface area contributed by atoms with Gasteiger partial charge < -0.3 is 9.97 Å². The predicted octanol–water partition coefficient (Wildman–Crippen LogP) is 14.8. The number of rotatable bonds is 16. The van der Waals surface area contributed by atoms with Crippen LogP contribution in [-0.2, 0) is 42.2 Å². The molecule has 8 bridgehead atoms. The quantitative estimate of drug-likeness (QED) is 0.105. The first-order valence-electron chi connectivity index (χ1n) is 24.0. The van der Waals surface area contributed by atoms with E-state index in [1.54, 1.807) is 0 Å². The molecule has 3 aliphatic heterocycles. The Morgan fingerprint density at radius 3 is 1.07 bits per heavy atom. The minimum absolute atomic E-state index is 0. The third-order valence-electron chi connectivity index (χ3n) is 13.7. The second-order valence-corrected chi connectivity index (χ2v) is 16.9. The van der Waals surface area contributed by atoms with Crippen LogP contribution in [0.3, 0.4) is 0 Å². The average molecular weight is 858 g/mol. The summed E-state index contributed by atoms with van der Waals surface area (Å²) < 4.78 is 0. The summed E-state index contributed by atoms with van der Waals surface area (Å²) in [6.07, 6.45) is 14.0. The summed E-state index contributed by atoms with van der Waals surface area (Å²) in [6, 6.07) is 22.2. The van der Waals surface area contributed by atoms with E-state index in [1.807, 2.05) is 0 Å². The number of nitrogens with zero attached hydrogens (tertiary/aromatic N) is 4. The summed E-state index contributed by atoms with van der Waals surface area (Å²) in [5, 5.41) is 0. The van der Waals surface area contributed by atoms with Gasteiger partial charge >= 0.3 is 16.5 Å². The molecule has 0 saturated heterocycles. The van der Waals surface area contributed by atoms with Crippen LogP contribution in [0.4, 0.5) is 0 Å². The maximum Gasteiger partial charge on any atom is 2.00 e. The maximum absolute atomic E-state index is 5.98. The standard InChI is InChI=1S/C56H70N4.Ni/c1-11-21-33-45-49-37(13-3)41(17-7)53(57-49)47(35-29-25-23-26-30-35)55-43(19-9)39(15-5)51(59-55)46(34-22-12-2)52-40(16-6)44(20-10)56(60-52)48(36-31-27-24-28-32-36)54-42(18-8)38(14-4)50(45)58-54;/h23-32,45-46H,11-22,33-34H2,1-10H3;/q-2;+2/b53-47-,56-48-;/t45-,46+;/m0./s1. The number of benzene rings is 2. The van der Waals surface area contributed by atoms with Crippen LogP contribution >= 0.6 is 0 Å². The molecule has 61 heavy (non-hydrogen) atoms. The van der Waals surface area contributed by atoms with Crippen molar-refractivity contribution in [3.8, 4) is 0 Å². The third kappa shape index (κ3) is 8.26. The fourth-order valence-corrected chi connectivity index (χ4v) is 10.9. The topological polar surface area (TPSA) is 52.9 Å². The Morgan fingerprint density at radius 1 is 0.426 bits per heavy atom. The average Bonchev–Trinajstić information content (AvgIpc) is 4.05. The first-order valence-corrected chi connectivity index (χ1v) is 24.0. The number of hydrogen-bond acceptors (Lipinski definition) is 2. The molecule has 5 heterocycles. The van der Waals surface area contributed by atoms with Crippen molar-refractivity contribution in [2.45, 2.75) is 171 Å². The molecule has 0 fully saturated rings. The van der Waals surface area contributed by atoms with Crippen molar-refractivity contribution >= 4 is 22.6 Å². The number of aliphatic imine (C=N–C) groups is 2. The smallest absolute Gasteiger partial charge is 0.660 e. The molecule has 0 amide bonds. The minimum Gasteiger partial charge on any atom is -0.660 e. The van der Waals surface area contributed by atoms with Gasteiger partial charge in [-0.15, -0.1) is 22.8 Å². The summed E-state index contributed by atoms with van der Waals surface area (Å²) >= 11 is 0. The number of allylic oxidation sites excluding steroid dienone is 4. The summed E-state index contributed by atoms with van der Waals surface area (Å²) in [4.78, 5) is 23.9. The van der Waals surface area contributed by atoms with Crippen molar-refractivity contribution in [2.24, 2.45) is 9.98 Å². The van der Waals surface area contributed by atoms with E-state index < -0.39 is 0 Å². The van der Waals surface area contributed by atoms with E-state index in [2.05, 4.69) is 130 Å². The van der Waals surface area contributed by atoms with Gasteiger partial charge in [-0.05, 0) is 109 Å². The van der Waals surface area contributed by atoms with Gasteiger partial charge in [-0.25, -0.2) is 0 Å². The van der Waals surface area contributed by atoms with Crippen LogP contribution in [0, 0.1) is 0 Å². The number of unbranched alkanes of at least 4 members (excludes halogenated alkanes) is 2. The zero-order chi connectivity index (χ0) is 42.5. The van der Waals surface area contributed by atoms with Crippen LogP contribution in [0.2, 0.25) is 0 Å². The van der Waals surface area contributed by atoms with Gasteiger partial charge in [0.1, 0.15) is 0 Å². The first kappa shape index (κ1) is 46.3. The van der Waals surface area contributed by atoms with Crippen molar-refractivity contribution in [3.05, 3.63) is 151 Å². The van der Waals surface area contributed by atoms with Gasteiger partial charge in [0.05, 0.1) is 22.8 Å². The van der Waals surface area contributed by atoms with E-state index >= 15 is 0 Å². The molecule has 0 spiro atoms. The molecular formula is C56H70N4Ni. The molecule has 0 N–H and O–H groups in total. The van der Waals surface area contributed by atoms with Gasteiger partial charge in [-0.3, -0.25) is 9.98 Å². The van der Waals surface area contributed by atoms with Crippen molar-refractivity contribution in [2.75, 3.05) is 0 Å². The fraction of sp³-hybridized carbons (Fsp3) is 0.464. The van der Waals surface area contributed by atoms with Crippen molar-refractivity contribution in [3.63, 3.8) is 0 Å². The summed E-state index contributed by atoms with van der Waals surface area (Å²) in [6.45, 7) is 23.3. The largest absolute Gasteiger partial charge is 2.00 e. The Kier molecular flexibility index (Phi) is 15.8. The predicted molar refractivity (Wildman–Crippen MR) is 257 cm³/mol. The molecular weight excluding hydrogens is 787 g/mol. The Hall–Kier alpha value is -4.21. The van der Waals surface area contributed by atoms with E-state index in [-0.39, 0.29) is 28.3 Å². The van der Waals surface area contributed by atoms with Crippen LogP contribution in [0.25, 0.3) is 11.1 Å². The molecule has 4 nitrogen and oxygen atoms in total. The second-order valence-electron chi connectivity index (χ2n) is 16.9. The molecule has 2 aromatic heterocycles. The van der Waals surface area contributed by atoms with Crippen LogP contribution in [0.15, 0.2) is 104 Å². The van der Waals surface area contributed by atoms with Crippen LogP contribution in [0.1, 0.15) is 201 Å². The van der Waals surface area contributed by atoms with Crippen LogP contribution in [0.5, 0.6) is 0 Å². The second kappa shape index (κ2) is 20.8. The van der Waals surface area contributed by atoms with Crippen molar-refractivity contribution < 1.29 is 16.5 Å². The van der Waals surface area contributed by atoms with Crippen LogP contribution < -0.4 is 9.97 Å². The zero-order valence-electron chi connectivity index (χ0n) is 38.9. The molecule has 324 valence electrons. The van der Waals surface area contributed by atoms with Gasteiger partial charge in [-0.2, -0.15) is 0 Å². The molecule has 0 aliphatic carbocycles. The molecule has 0 radical (unpaired) electrons. The Bertz CT molecular complexity index is 2200. The summed E-state index contributed by atoms with van der Waals surface area (Å²) in [5.74, 6) is 0.182. The molecule has 3 aliphatic rings. The summed E-state index contributed by atoms with van der Waals surface area (Å²) in [7, 11) is 0. The van der Waals surface area contributed by atoms with Gasteiger partial charge in [0.25, 0.3) is 0 Å². The minimum atomic E-state index is 0. The fourth-order valence-electron chi connectivity index (χ4n) is 10.9. The molecule has 4 aromatic rings. The van der Waals surface area contributed by atoms with Crippen molar-refractivity contribution in [1.82, 2.24) is 9.97 Å². The van der Waals surface area contributed by atoms with Gasteiger partial charge in [-0.1, -0.05) is 178 Å². The van der Waals surface area contributed by atoms with Gasteiger partial charge in [0, 0.05) is 11.8 Å². The Labute approximate surface area is 378 Å². The molecule has 2 atom stereocenters. The van der Waals surface area contributed by atoms with Crippen molar-refractivity contribution in [1.29, 1.82) is 0 Å². The molecule has 0 saturated carbocycles. The maximum atomic E-state index is 5.98. The molecule has 5 heteroatoms. The van der Waals surface area contributed by atoms with E-state index in [9.17, 15) is 0 Å². The number of hydrogen-bond donors (Lipinski definition) is 0. The Morgan fingerprint density at radius 2 is 0.770 bits per heavy atom. The van der Waals surface area contributed by atoms with E-state index in [1.165, 1.54) is 89.6 Å². The van der Waals surface area contributed by atoms with Gasteiger partial charge in [0.2, 0.25) is 0 Å². The van der Waals surface area contributed by atoms with Crippen LogP contribution in [-0.4, -0.2) is 11.4 Å². The van der Waals surface area contributed by atoms with E-state index in [0.29, 0.717) is 0 Å². The third-order valence-corrected chi connectivity index (χ3v) is 13.7. The first-order chi connectivity index (χ1) is 29.4. The molecule has 0 unspecified atom stereocenters. The number of fused-ring (bicyclic) bond motifs is 6. The molecule has 7 rings (SSSR count). The van der Waals surface area contributed by atoms with E-state index in [4.69, 9.17) is 20.0 Å².